The molecule has 0 atom stereocenters. The second-order valence-electron chi connectivity index (χ2n) is 3.84. The van der Waals surface area contributed by atoms with Crippen molar-refractivity contribution in [3.05, 3.63) is 46.6 Å². The monoisotopic (exact) mass is 261 g/mol. The molecule has 1 aromatic heterocycles. The molecule has 0 saturated carbocycles. The van der Waals surface area contributed by atoms with E-state index >= 15 is 0 Å². The summed E-state index contributed by atoms with van der Waals surface area (Å²) in [6.07, 6.45) is 0.804. The number of aromatic nitrogens is 1. The minimum atomic E-state index is 0.480. The van der Waals surface area contributed by atoms with Crippen molar-refractivity contribution in [2.75, 3.05) is 7.11 Å². The van der Waals surface area contributed by atoms with Gasteiger partial charge in [0, 0.05) is 16.7 Å². The van der Waals surface area contributed by atoms with E-state index in [1.54, 1.807) is 26.2 Å². The number of methoxy groups -OCH3 is 1. The van der Waals surface area contributed by atoms with Crippen LogP contribution in [0, 0.1) is 6.92 Å². The SMILES string of the molecule is COc1cc(-c2cccc(Cl)c2)c(C=O)c(C)n1. The Morgan fingerprint density at radius 2 is 2.11 bits per heavy atom. The number of benzene rings is 1. The molecule has 2 rings (SSSR count). The van der Waals surface area contributed by atoms with Crippen molar-refractivity contribution in [1.29, 1.82) is 0 Å². The number of nitrogens with zero attached hydrogens (tertiary/aromatic N) is 1. The predicted molar refractivity (Wildman–Crippen MR) is 71.4 cm³/mol. The van der Waals surface area contributed by atoms with Gasteiger partial charge in [-0.05, 0) is 30.2 Å². The van der Waals surface area contributed by atoms with Gasteiger partial charge < -0.3 is 4.74 Å². The molecule has 3 nitrogen and oxygen atoms in total. The van der Waals surface area contributed by atoms with Gasteiger partial charge in [-0.1, -0.05) is 23.7 Å². The number of hydrogen-bond acceptors (Lipinski definition) is 3. The lowest BCUT2D eigenvalue weighted by Gasteiger charge is -2.10. The lowest BCUT2D eigenvalue weighted by atomic mass is 10.00. The zero-order valence-corrected chi connectivity index (χ0v) is 10.9. The highest BCUT2D eigenvalue weighted by molar-refractivity contribution is 6.30. The Bertz CT molecular complexity index is 596. The van der Waals surface area contributed by atoms with Crippen LogP contribution in [-0.4, -0.2) is 18.4 Å². The predicted octanol–water partition coefficient (Wildman–Crippen LogP) is 3.53. The van der Waals surface area contributed by atoms with Crippen molar-refractivity contribution >= 4 is 17.9 Å². The summed E-state index contributed by atoms with van der Waals surface area (Å²) in [7, 11) is 1.55. The van der Waals surface area contributed by atoms with E-state index in [2.05, 4.69) is 4.98 Å². The molecule has 4 heteroatoms. The third-order valence-electron chi connectivity index (χ3n) is 2.69. The Morgan fingerprint density at radius 3 is 2.72 bits per heavy atom. The van der Waals surface area contributed by atoms with Crippen molar-refractivity contribution in [3.63, 3.8) is 0 Å². The molecule has 0 spiro atoms. The molecule has 2 aromatic rings. The fourth-order valence-electron chi connectivity index (χ4n) is 1.80. The number of halogens is 1. The second-order valence-corrected chi connectivity index (χ2v) is 4.28. The molecule has 1 aromatic carbocycles. The molecule has 0 bridgehead atoms. The highest BCUT2D eigenvalue weighted by Gasteiger charge is 2.11. The molecule has 18 heavy (non-hydrogen) atoms. The minimum absolute atomic E-state index is 0.480. The van der Waals surface area contributed by atoms with Gasteiger partial charge in [-0.2, -0.15) is 0 Å². The van der Waals surface area contributed by atoms with Crippen molar-refractivity contribution in [3.8, 4) is 17.0 Å². The van der Waals surface area contributed by atoms with Crippen LogP contribution < -0.4 is 4.74 Å². The summed E-state index contributed by atoms with van der Waals surface area (Å²) < 4.78 is 5.13. The Hall–Kier alpha value is -1.87. The smallest absolute Gasteiger partial charge is 0.213 e. The van der Waals surface area contributed by atoms with Crippen LogP contribution in [0.4, 0.5) is 0 Å². The van der Waals surface area contributed by atoms with E-state index in [1.807, 2.05) is 18.2 Å². The molecule has 0 aliphatic rings. The number of aryl methyl sites for hydroxylation is 1. The van der Waals surface area contributed by atoms with Gasteiger partial charge in [0.25, 0.3) is 0 Å². The van der Waals surface area contributed by atoms with E-state index in [9.17, 15) is 4.79 Å². The van der Waals surface area contributed by atoms with Gasteiger partial charge in [0.2, 0.25) is 5.88 Å². The lowest BCUT2D eigenvalue weighted by Crippen LogP contribution is -1.98. The number of carbonyl (C=O) groups excluding carboxylic acids is 1. The number of pyridine rings is 1. The number of ether oxygens (including phenoxy) is 1. The fourth-order valence-corrected chi connectivity index (χ4v) is 1.99. The molecule has 0 aliphatic carbocycles. The third kappa shape index (κ3) is 2.36. The molecule has 0 unspecified atom stereocenters. The molecule has 0 saturated heterocycles. The van der Waals surface area contributed by atoms with Gasteiger partial charge in [0.15, 0.2) is 6.29 Å². The van der Waals surface area contributed by atoms with Crippen LogP contribution in [0.5, 0.6) is 5.88 Å². The first-order chi connectivity index (χ1) is 8.65. The highest BCUT2D eigenvalue weighted by atomic mass is 35.5. The van der Waals surface area contributed by atoms with Gasteiger partial charge in [0.1, 0.15) is 0 Å². The Labute approximate surface area is 110 Å². The van der Waals surface area contributed by atoms with Gasteiger partial charge >= 0.3 is 0 Å². The van der Waals surface area contributed by atoms with Crippen LogP contribution in [0.3, 0.4) is 0 Å². The van der Waals surface area contributed by atoms with E-state index in [1.165, 1.54) is 0 Å². The maximum atomic E-state index is 11.2. The van der Waals surface area contributed by atoms with Gasteiger partial charge in [-0.15, -0.1) is 0 Å². The zero-order chi connectivity index (χ0) is 13.1. The van der Waals surface area contributed by atoms with Crippen LogP contribution >= 0.6 is 11.6 Å². The molecular formula is C14H12ClNO2. The van der Waals surface area contributed by atoms with Gasteiger partial charge in [-0.25, -0.2) is 4.98 Å². The summed E-state index contributed by atoms with van der Waals surface area (Å²) in [5.74, 6) is 0.480. The first kappa shape index (κ1) is 12.6. The average Bonchev–Trinajstić information content (AvgIpc) is 2.37. The molecule has 0 fully saturated rings. The van der Waals surface area contributed by atoms with Gasteiger partial charge in [0.05, 0.1) is 12.8 Å². The van der Waals surface area contributed by atoms with E-state index in [-0.39, 0.29) is 0 Å². The maximum Gasteiger partial charge on any atom is 0.213 e. The van der Waals surface area contributed by atoms with Crippen molar-refractivity contribution in [2.24, 2.45) is 0 Å². The number of aldehydes is 1. The molecule has 1 heterocycles. The van der Waals surface area contributed by atoms with E-state index < -0.39 is 0 Å². The van der Waals surface area contributed by atoms with Crippen LogP contribution in [0.1, 0.15) is 16.1 Å². The van der Waals surface area contributed by atoms with E-state index in [0.717, 1.165) is 17.4 Å². The Balaban J connectivity index is 2.68. The number of hydrogen-bond donors (Lipinski definition) is 0. The summed E-state index contributed by atoms with van der Waals surface area (Å²) in [6.45, 7) is 1.78. The zero-order valence-electron chi connectivity index (χ0n) is 10.1. The summed E-state index contributed by atoms with van der Waals surface area (Å²) >= 11 is 5.97. The summed E-state index contributed by atoms with van der Waals surface area (Å²) in [5.41, 5.74) is 2.84. The molecule has 0 amide bonds. The second kappa shape index (κ2) is 5.19. The van der Waals surface area contributed by atoms with Crippen molar-refractivity contribution < 1.29 is 9.53 Å². The fraction of sp³-hybridized carbons (Fsp3) is 0.143. The molecule has 92 valence electrons. The average molecular weight is 262 g/mol. The normalized spacial score (nSPS) is 10.2. The summed E-state index contributed by atoms with van der Waals surface area (Å²) in [5, 5.41) is 0.623. The molecule has 0 aliphatic heterocycles. The number of carbonyl (C=O) groups is 1. The summed E-state index contributed by atoms with van der Waals surface area (Å²) in [4.78, 5) is 15.4. The summed E-state index contributed by atoms with van der Waals surface area (Å²) in [6, 6.07) is 9.07. The largest absolute Gasteiger partial charge is 0.481 e. The Morgan fingerprint density at radius 1 is 1.33 bits per heavy atom. The van der Waals surface area contributed by atoms with Crippen LogP contribution in [0.25, 0.3) is 11.1 Å². The molecule has 0 N–H and O–H groups in total. The van der Waals surface area contributed by atoms with Crippen LogP contribution in [0.2, 0.25) is 5.02 Å². The minimum Gasteiger partial charge on any atom is -0.481 e. The lowest BCUT2D eigenvalue weighted by molar-refractivity contribution is 0.112. The third-order valence-corrected chi connectivity index (χ3v) is 2.92. The topological polar surface area (TPSA) is 39.2 Å². The standard InChI is InChI=1S/C14H12ClNO2/c1-9-13(8-17)12(7-14(16-9)18-2)10-4-3-5-11(15)6-10/h3-8H,1-2H3. The first-order valence-corrected chi connectivity index (χ1v) is 5.80. The molecule has 0 radical (unpaired) electrons. The Kier molecular flexibility index (Phi) is 3.63. The first-order valence-electron chi connectivity index (χ1n) is 5.42. The van der Waals surface area contributed by atoms with Gasteiger partial charge in [-0.3, -0.25) is 4.79 Å². The number of rotatable bonds is 3. The van der Waals surface area contributed by atoms with E-state index in [4.69, 9.17) is 16.3 Å². The van der Waals surface area contributed by atoms with Crippen molar-refractivity contribution in [2.45, 2.75) is 6.92 Å². The molecular weight excluding hydrogens is 250 g/mol. The van der Waals surface area contributed by atoms with Crippen LogP contribution in [0.15, 0.2) is 30.3 Å². The van der Waals surface area contributed by atoms with Crippen LogP contribution in [-0.2, 0) is 0 Å². The highest BCUT2D eigenvalue weighted by Crippen LogP contribution is 2.29. The maximum absolute atomic E-state index is 11.2. The quantitative estimate of drug-likeness (QED) is 0.794. The van der Waals surface area contributed by atoms with Crippen molar-refractivity contribution in [1.82, 2.24) is 4.98 Å². The van der Waals surface area contributed by atoms with E-state index in [0.29, 0.717) is 22.2 Å².